The van der Waals surface area contributed by atoms with E-state index in [-0.39, 0.29) is 24.9 Å². The minimum Gasteiger partial charge on any atom is -0.382 e. The summed E-state index contributed by atoms with van der Waals surface area (Å²) in [6.07, 6.45) is -0.935. The fraction of sp³-hybridized carbons (Fsp3) is 0.429. The van der Waals surface area contributed by atoms with Crippen LogP contribution in [0.3, 0.4) is 0 Å². The average Bonchev–Trinajstić information content (AvgIpc) is 3.41. The molecule has 0 amide bonds. The summed E-state index contributed by atoms with van der Waals surface area (Å²) in [4.78, 5) is 14.7. The van der Waals surface area contributed by atoms with E-state index in [1.807, 2.05) is 6.92 Å². The third-order valence-corrected chi connectivity index (χ3v) is 6.05. The number of fused-ring (bicyclic) bond motifs is 2. The minimum absolute atomic E-state index is 0.0103. The molecule has 0 bridgehead atoms. The number of aryl methyl sites for hydroxylation is 1. The Labute approximate surface area is 191 Å². The number of anilines is 2. The number of halogens is 4. The van der Waals surface area contributed by atoms with E-state index in [2.05, 4.69) is 25.4 Å². The zero-order chi connectivity index (χ0) is 24.2. The van der Waals surface area contributed by atoms with Crippen molar-refractivity contribution >= 4 is 28.4 Å². The molecule has 9 nitrogen and oxygen atoms in total. The highest BCUT2D eigenvalue weighted by atomic mass is 19.3. The Morgan fingerprint density at radius 3 is 2.71 bits per heavy atom. The van der Waals surface area contributed by atoms with Crippen molar-refractivity contribution in [1.82, 2.24) is 34.0 Å². The standard InChI is InChI=1S/C21H23F4N9/c1-3-32-8-15(21(24,25)10-32)29-20-30-18(26)17-12(6-7-34(17)31-20)13-4-5-14-19(28-13)33(9-16(22)23)11(2)27-14/h4-7,15-16H,3,8-10H2,1-2H3,(H3,26,29,30,31)/t15-/m1/s1. The number of alkyl halides is 4. The van der Waals surface area contributed by atoms with Gasteiger partial charge in [0.25, 0.3) is 12.3 Å². The van der Waals surface area contributed by atoms with Gasteiger partial charge in [0.15, 0.2) is 11.5 Å². The van der Waals surface area contributed by atoms with Gasteiger partial charge in [-0.1, -0.05) is 6.92 Å². The molecule has 1 atom stereocenters. The van der Waals surface area contributed by atoms with Crippen molar-refractivity contribution in [1.29, 1.82) is 0 Å². The number of pyridine rings is 1. The highest BCUT2D eigenvalue weighted by Crippen LogP contribution is 2.32. The van der Waals surface area contributed by atoms with Gasteiger partial charge < -0.3 is 15.6 Å². The molecular formula is C21H23F4N9. The third-order valence-electron chi connectivity index (χ3n) is 6.05. The van der Waals surface area contributed by atoms with Gasteiger partial charge in [0.1, 0.15) is 22.9 Å². The number of aromatic nitrogens is 6. The normalized spacial score (nSPS) is 18.5. The van der Waals surface area contributed by atoms with E-state index in [4.69, 9.17) is 5.73 Å². The highest BCUT2D eigenvalue weighted by Gasteiger charge is 2.48. The molecular weight excluding hydrogens is 454 g/mol. The summed E-state index contributed by atoms with van der Waals surface area (Å²) in [5.41, 5.74) is 8.51. The molecule has 0 saturated carbocycles. The molecule has 180 valence electrons. The summed E-state index contributed by atoms with van der Waals surface area (Å²) in [5.74, 6) is -2.43. The fourth-order valence-corrected chi connectivity index (χ4v) is 4.35. The van der Waals surface area contributed by atoms with Crippen LogP contribution in [-0.2, 0) is 6.54 Å². The van der Waals surface area contributed by atoms with Gasteiger partial charge in [-0.25, -0.2) is 32.0 Å². The Morgan fingerprint density at radius 2 is 2.00 bits per heavy atom. The molecule has 0 unspecified atom stereocenters. The predicted octanol–water partition coefficient (Wildman–Crippen LogP) is 3.05. The van der Waals surface area contributed by atoms with Gasteiger partial charge in [-0.05, 0) is 31.7 Å². The van der Waals surface area contributed by atoms with E-state index in [1.54, 1.807) is 36.2 Å². The van der Waals surface area contributed by atoms with Gasteiger partial charge in [-0.3, -0.25) is 4.90 Å². The molecule has 1 fully saturated rings. The van der Waals surface area contributed by atoms with Crippen molar-refractivity contribution < 1.29 is 17.6 Å². The van der Waals surface area contributed by atoms with Crippen molar-refractivity contribution in [3.63, 3.8) is 0 Å². The van der Waals surface area contributed by atoms with Crippen LogP contribution in [0.5, 0.6) is 0 Å². The Morgan fingerprint density at radius 1 is 1.21 bits per heavy atom. The number of hydrogen-bond donors (Lipinski definition) is 2. The van der Waals surface area contributed by atoms with Crippen LogP contribution in [0.1, 0.15) is 12.7 Å². The van der Waals surface area contributed by atoms with Gasteiger partial charge >= 0.3 is 0 Å². The Balaban J connectivity index is 1.51. The fourth-order valence-electron chi connectivity index (χ4n) is 4.35. The van der Waals surface area contributed by atoms with Crippen molar-refractivity contribution in [3.8, 4) is 11.3 Å². The molecule has 5 rings (SSSR count). The van der Waals surface area contributed by atoms with Gasteiger partial charge in [-0.15, -0.1) is 5.10 Å². The smallest absolute Gasteiger partial charge is 0.281 e. The zero-order valence-corrected chi connectivity index (χ0v) is 18.5. The van der Waals surface area contributed by atoms with E-state index in [0.29, 0.717) is 40.3 Å². The van der Waals surface area contributed by atoms with Crippen LogP contribution in [-0.4, -0.2) is 72.1 Å². The van der Waals surface area contributed by atoms with E-state index < -0.39 is 24.9 Å². The third kappa shape index (κ3) is 3.79. The summed E-state index contributed by atoms with van der Waals surface area (Å²) < 4.78 is 57.6. The van der Waals surface area contributed by atoms with Crippen LogP contribution < -0.4 is 11.1 Å². The lowest BCUT2D eigenvalue weighted by atomic mass is 10.2. The van der Waals surface area contributed by atoms with Crippen LogP contribution in [0.15, 0.2) is 24.4 Å². The number of rotatable bonds is 6. The number of likely N-dealkylation sites (N-methyl/N-ethyl adjacent to an activating group) is 1. The van der Waals surface area contributed by atoms with E-state index in [9.17, 15) is 17.6 Å². The number of hydrogen-bond acceptors (Lipinski definition) is 7. The summed E-state index contributed by atoms with van der Waals surface area (Å²) >= 11 is 0. The molecule has 34 heavy (non-hydrogen) atoms. The molecule has 4 aromatic rings. The maximum Gasteiger partial charge on any atom is 0.281 e. The zero-order valence-electron chi connectivity index (χ0n) is 18.5. The molecule has 1 aliphatic heterocycles. The monoisotopic (exact) mass is 477 g/mol. The molecule has 0 aromatic carbocycles. The topological polar surface area (TPSA) is 102 Å². The van der Waals surface area contributed by atoms with Crippen molar-refractivity contribution in [2.24, 2.45) is 0 Å². The van der Waals surface area contributed by atoms with Crippen LogP contribution in [0, 0.1) is 6.92 Å². The first-order valence-electron chi connectivity index (χ1n) is 10.8. The van der Waals surface area contributed by atoms with Crippen molar-refractivity contribution in [2.45, 2.75) is 38.8 Å². The maximum absolute atomic E-state index is 14.4. The van der Waals surface area contributed by atoms with Crippen LogP contribution in [0.2, 0.25) is 0 Å². The quantitative estimate of drug-likeness (QED) is 0.412. The SMILES string of the molecule is CCN1C[C@@H](Nc2nc(N)c3c(-c4ccc5nc(C)n(CC(F)F)c5n4)ccn3n2)C(F)(F)C1. The molecule has 5 heterocycles. The van der Waals surface area contributed by atoms with Crippen LogP contribution >= 0.6 is 0 Å². The largest absolute Gasteiger partial charge is 0.382 e. The molecule has 0 spiro atoms. The summed E-state index contributed by atoms with van der Waals surface area (Å²) in [7, 11) is 0. The lowest BCUT2D eigenvalue weighted by Gasteiger charge is -2.19. The number of likely N-dealkylation sites (tertiary alicyclic amines) is 1. The molecule has 1 aliphatic rings. The van der Waals surface area contributed by atoms with Gasteiger partial charge in [0, 0.05) is 18.3 Å². The first-order valence-corrected chi connectivity index (χ1v) is 10.8. The van der Waals surface area contributed by atoms with E-state index >= 15 is 0 Å². The second-order valence-electron chi connectivity index (χ2n) is 8.33. The maximum atomic E-state index is 14.4. The van der Waals surface area contributed by atoms with Crippen molar-refractivity contribution in [3.05, 3.63) is 30.2 Å². The van der Waals surface area contributed by atoms with Crippen molar-refractivity contribution in [2.75, 3.05) is 30.7 Å². The molecule has 0 radical (unpaired) electrons. The number of nitrogens with zero attached hydrogens (tertiary/aromatic N) is 7. The van der Waals surface area contributed by atoms with Gasteiger partial charge in [0.05, 0.1) is 18.8 Å². The molecule has 3 N–H and O–H groups in total. The van der Waals surface area contributed by atoms with E-state index in [1.165, 1.54) is 9.08 Å². The number of nitrogen functional groups attached to an aromatic ring is 1. The Hall–Kier alpha value is -3.48. The predicted molar refractivity (Wildman–Crippen MR) is 119 cm³/mol. The lowest BCUT2D eigenvalue weighted by Crippen LogP contribution is -2.38. The van der Waals surface area contributed by atoms with Crippen LogP contribution in [0.25, 0.3) is 27.9 Å². The lowest BCUT2D eigenvalue weighted by molar-refractivity contribution is 0.00429. The molecule has 0 aliphatic carbocycles. The molecule has 13 heteroatoms. The molecule has 1 saturated heterocycles. The van der Waals surface area contributed by atoms with Gasteiger partial charge in [-0.2, -0.15) is 4.98 Å². The number of imidazole rings is 1. The highest BCUT2D eigenvalue weighted by molar-refractivity contribution is 5.88. The second-order valence-corrected chi connectivity index (χ2v) is 8.33. The Kier molecular flexibility index (Phi) is 5.30. The first kappa shape index (κ1) is 22.3. The number of nitrogens with one attached hydrogen (secondary N) is 1. The van der Waals surface area contributed by atoms with E-state index in [0.717, 1.165) is 0 Å². The van der Waals surface area contributed by atoms with Gasteiger partial charge in [0.2, 0.25) is 5.95 Å². The summed E-state index contributed by atoms with van der Waals surface area (Å²) in [5, 5.41) is 7.02. The number of nitrogens with two attached hydrogens (primary N) is 1. The minimum atomic E-state index is -2.93. The molecule has 4 aromatic heterocycles. The Bertz CT molecular complexity index is 1360. The van der Waals surface area contributed by atoms with Crippen LogP contribution in [0.4, 0.5) is 29.3 Å². The second kappa shape index (κ2) is 8.08. The summed E-state index contributed by atoms with van der Waals surface area (Å²) in [6, 6.07) is 3.98. The summed E-state index contributed by atoms with van der Waals surface area (Å²) in [6.45, 7) is 3.30. The average molecular weight is 477 g/mol. The first-order chi connectivity index (χ1) is 16.2.